The number of carbonyl (C=O) groups is 6. The maximum atomic E-state index is 12.9. The molecule has 0 heterocycles. The van der Waals surface area contributed by atoms with Gasteiger partial charge in [-0.1, -0.05) is 26.5 Å². The van der Waals surface area contributed by atoms with Crippen LogP contribution in [0.5, 0.6) is 0 Å². The van der Waals surface area contributed by atoms with E-state index in [9.17, 15) is 33.9 Å². The fourth-order valence-electron chi connectivity index (χ4n) is 4.81. The van der Waals surface area contributed by atoms with E-state index in [1.807, 2.05) is 13.8 Å². The van der Waals surface area contributed by atoms with Gasteiger partial charge in [-0.15, -0.1) is 0 Å². The second kappa shape index (κ2) is 19.2. The number of carbonyl (C=O) groups excluding carboxylic acids is 6. The van der Waals surface area contributed by atoms with E-state index in [1.165, 1.54) is 19.9 Å². The number of aliphatic hydroxyl groups excluding tert-OH is 1. The van der Waals surface area contributed by atoms with Gasteiger partial charge in [-0.25, -0.2) is 4.79 Å². The van der Waals surface area contributed by atoms with Gasteiger partial charge in [0, 0.05) is 38.6 Å². The molecule has 0 aromatic carbocycles. The lowest BCUT2D eigenvalue weighted by Gasteiger charge is -2.29. The van der Waals surface area contributed by atoms with Crippen molar-refractivity contribution in [3.05, 3.63) is 24.0 Å². The molecule has 0 saturated carbocycles. The van der Waals surface area contributed by atoms with Crippen LogP contribution in [0.4, 0.5) is 4.79 Å². The summed E-state index contributed by atoms with van der Waals surface area (Å²) in [6.45, 7) is 12.5. The molecule has 0 aromatic rings. The largest absolute Gasteiger partial charge is 0.511 e. The number of alkyl carbamates (subject to hydrolysis) is 1. The Kier molecular flexibility index (Phi) is 16.6. The van der Waals surface area contributed by atoms with Crippen molar-refractivity contribution in [1.82, 2.24) is 21.3 Å². The number of ether oxygens (including phenoxy) is 1. The molecule has 0 fully saturated rings. The number of unbranched alkanes of at least 4 members (excludes halogenated alkanes) is 2. The minimum Gasteiger partial charge on any atom is -0.511 e. The van der Waals surface area contributed by atoms with Crippen molar-refractivity contribution in [2.45, 2.75) is 104 Å². The first-order chi connectivity index (χ1) is 21.1. The average molecular weight is 635 g/mol. The van der Waals surface area contributed by atoms with Crippen LogP contribution in [0.15, 0.2) is 29.0 Å². The molecule has 252 valence electrons. The number of amides is 5. The first kappa shape index (κ1) is 38.8. The Morgan fingerprint density at radius 2 is 1.64 bits per heavy atom. The zero-order valence-corrected chi connectivity index (χ0v) is 27.1. The smallest absolute Gasteiger partial charge is 0.407 e. The second-order valence-electron chi connectivity index (χ2n) is 12.0. The van der Waals surface area contributed by atoms with Crippen LogP contribution < -0.4 is 27.0 Å². The molecule has 14 heteroatoms. The molecule has 7 N–H and O–H groups in total. The fourth-order valence-corrected chi connectivity index (χ4v) is 4.81. The number of hydrogen-bond donors (Lipinski definition) is 6. The number of allylic oxidation sites excluding steroid dienone is 2. The second-order valence-corrected chi connectivity index (χ2v) is 12.0. The maximum Gasteiger partial charge on any atom is 0.407 e. The van der Waals surface area contributed by atoms with Gasteiger partial charge in [-0.3, -0.25) is 29.0 Å². The lowest BCUT2D eigenvalue weighted by Crippen LogP contribution is -2.55. The third kappa shape index (κ3) is 14.9. The lowest BCUT2D eigenvalue weighted by molar-refractivity contribution is -0.132. The fraction of sp³-hybridized carbons (Fsp3) is 0.645. The number of Topliss-reactive ketones (excluding diaryl/α,β-unsaturated/α-hetero) is 1. The lowest BCUT2D eigenvalue weighted by atomic mass is 9.76. The first-order valence-corrected chi connectivity index (χ1v) is 15.2. The van der Waals surface area contributed by atoms with Gasteiger partial charge in [0.1, 0.15) is 30.5 Å². The molecule has 0 aliphatic heterocycles. The Morgan fingerprint density at radius 3 is 2.24 bits per heavy atom. The minimum atomic E-state index is -1.02. The van der Waals surface area contributed by atoms with Gasteiger partial charge in [-0.05, 0) is 57.8 Å². The van der Waals surface area contributed by atoms with Gasteiger partial charge < -0.3 is 36.8 Å². The molecule has 0 radical (unpaired) electrons. The third-order valence-corrected chi connectivity index (χ3v) is 7.09. The zero-order valence-electron chi connectivity index (χ0n) is 27.1. The molecule has 0 saturated heterocycles. The number of aliphatic imine (C=N–C) groups is 1. The summed E-state index contributed by atoms with van der Waals surface area (Å²) in [5.41, 5.74) is 5.89. The summed E-state index contributed by atoms with van der Waals surface area (Å²) in [5.74, 6) is -2.43. The van der Waals surface area contributed by atoms with E-state index < -0.39 is 47.8 Å². The molecular formula is C31H50N6O8. The predicted molar refractivity (Wildman–Crippen MR) is 169 cm³/mol. The van der Waals surface area contributed by atoms with E-state index >= 15 is 0 Å². The minimum absolute atomic E-state index is 0.0521. The van der Waals surface area contributed by atoms with Gasteiger partial charge in [0.25, 0.3) is 0 Å². The van der Waals surface area contributed by atoms with Gasteiger partial charge in [0.2, 0.25) is 23.6 Å². The van der Waals surface area contributed by atoms with E-state index in [-0.39, 0.29) is 42.0 Å². The van der Waals surface area contributed by atoms with Gasteiger partial charge in [0.15, 0.2) is 5.78 Å². The Hall–Kier alpha value is -4.23. The van der Waals surface area contributed by atoms with Crippen LogP contribution in [-0.2, 0) is 28.7 Å². The molecule has 0 unspecified atom stereocenters. The average Bonchev–Trinajstić information content (AvgIpc) is 2.92. The SMILES string of the molecule is C=CCOC(=O)NCCCC[C@H](NC(=O)[C@H](C)NC(=O)[C@H](CCCCN=C(C)C1=C(O)CC(C)(C)CC1=O)NC(C)=O)C(N)=O. The highest BCUT2D eigenvalue weighted by atomic mass is 16.5. The standard InChI is InChI=1S/C31H50N6O8/c1-7-16-45-30(44)34-15-11-8-12-22(27(32)41)37-28(42)20(3)35-29(43)23(36-21(4)38)13-9-10-14-33-19(2)26-24(39)17-31(5,6)18-25(26)40/h7,20,22-23,39H,1,8-18H2,2-6H3,(H2,32,41)(H,34,44)(H,35,43)(H,36,38)(H,37,42)/t20-,22-,23-/m0/s1. The molecule has 5 amide bonds. The zero-order chi connectivity index (χ0) is 34.2. The summed E-state index contributed by atoms with van der Waals surface area (Å²) in [4.78, 5) is 77.7. The van der Waals surface area contributed by atoms with Crippen molar-refractivity contribution in [1.29, 1.82) is 0 Å². The van der Waals surface area contributed by atoms with Crippen LogP contribution in [0.2, 0.25) is 0 Å². The highest BCUT2D eigenvalue weighted by molar-refractivity contribution is 6.22. The Morgan fingerprint density at radius 1 is 1.00 bits per heavy atom. The normalized spacial score (nSPS) is 16.6. The first-order valence-electron chi connectivity index (χ1n) is 15.2. The molecule has 0 spiro atoms. The van der Waals surface area contributed by atoms with Crippen LogP contribution in [-0.4, -0.2) is 84.1 Å². The monoisotopic (exact) mass is 634 g/mol. The van der Waals surface area contributed by atoms with E-state index in [0.29, 0.717) is 57.3 Å². The molecule has 14 nitrogen and oxygen atoms in total. The van der Waals surface area contributed by atoms with Crippen molar-refractivity contribution < 1.29 is 38.6 Å². The summed E-state index contributed by atoms with van der Waals surface area (Å²) < 4.78 is 4.80. The topological polar surface area (TPSA) is 218 Å². The number of hydrogen-bond acceptors (Lipinski definition) is 9. The maximum absolute atomic E-state index is 12.9. The predicted octanol–water partition coefficient (Wildman–Crippen LogP) is 1.88. The number of nitrogens with zero attached hydrogens (tertiary/aromatic N) is 1. The number of ketones is 1. The summed E-state index contributed by atoms with van der Waals surface area (Å²) in [6.07, 6.45) is 4.13. The molecule has 3 atom stereocenters. The van der Waals surface area contributed by atoms with Gasteiger partial charge in [-0.2, -0.15) is 0 Å². The van der Waals surface area contributed by atoms with Crippen LogP contribution >= 0.6 is 0 Å². The summed E-state index contributed by atoms with van der Waals surface area (Å²) >= 11 is 0. The number of rotatable bonds is 19. The molecule has 0 bridgehead atoms. The van der Waals surface area contributed by atoms with E-state index in [1.54, 1.807) is 6.92 Å². The Bertz CT molecular complexity index is 1160. The van der Waals surface area contributed by atoms with Crippen molar-refractivity contribution in [2.24, 2.45) is 16.1 Å². The molecule has 45 heavy (non-hydrogen) atoms. The molecule has 0 aromatic heterocycles. The van der Waals surface area contributed by atoms with Crippen molar-refractivity contribution >= 4 is 41.2 Å². The summed E-state index contributed by atoms with van der Waals surface area (Å²) in [5, 5.41) is 20.6. The van der Waals surface area contributed by atoms with Crippen molar-refractivity contribution in [3.8, 4) is 0 Å². The van der Waals surface area contributed by atoms with E-state index in [4.69, 9.17) is 10.5 Å². The van der Waals surface area contributed by atoms with Gasteiger partial charge in [0.05, 0.1) is 5.57 Å². The van der Waals surface area contributed by atoms with Crippen LogP contribution in [0.1, 0.15) is 86.0 Å². The molecule has 1 aliphatic carbocycles. The number of aliphatic hydroxyl groups is 1. The third-order valence-electron chi connectivity index (χ3n) is 7.09. The Balaban J connectivity index is 2.59. The van der Waals surface area contributed by atoms with Crippen LogP contribution in [0.25, 0.3) is 0 Å². The molecule has 1 rings (SSSR count). The van der Waals surface area contributed by atoms with Gasteiger partial charge >= 0.3 is 6.09 Å². The van der Waals surface area contributed by atoms with Crippen molar-refractivity contribution in [2.75, 3.05) is 19.7 Å². The quantitative estimate of drug-likeness (QED) is 0.0698. The summed E-state index contributed by atoms with van der Waals surface area (Å²) in [7, 11) is 0. The number of nitrogens with one attached hydrogen (secondary N) is 4. The van der Waals surface area contributed by atoms with E-state index in [2.05, 4.69) is 32.8 Å². The Labute approximate surface area is 265 Å². The number of primary amides is 1. The molecule has 1 aliphatic rings. The van der Waals surface area contributed by atoms with Crippen LogP contribution in [0, 0.1) is 5.41 Å². The highest BCUT2D eigenvalue weighted by Gasteiger charge is 2.34. The molecular weight excluding hydrogens is 584 g/mol. The highest BCUT2D eigenvalue weighted by Crippen LogP contribution is 2.36. The van der Waals surface area contributed by atoms with Crippen LogP contribution in [0.3, 0.4) is 0 Å². The van der Waals surface area contributed by atoms with E-state index in [0.717, 1.165) is 0 Å². The number of nitrogens with two attached hydrogens (primary N) is 1. The summed E-state index contributed by atoms with van der Waals surface area (Å²) in [6, 6.07) is -2.91. The van der Waals surface area contributed by atoms with Crippen molar-refractivity contribution in [3.63, 3.8) is 0 Å².